The molecular formula is C36H30ClN3O4S2. The zero-order chi connectivity index (χ0) is 32.0. The lowest BCUT2D eigenvalue weighted by atomic mass is 10.1. The van der Waals surface area contributed by atoms with Crippen LogP contribution in [0, 0.1) is 0 Å². The highest BCUT2D eigenvalue weighted by Crippen LogP contribution is 2.36. The van der Waals surface area contributed by atoms with Crippen molar-refractivity contribution < 1.29 is 19.0 Å². The molecule has 0 unspecified atom stereocenters. The number of hydrogen-bond acceptors (Lipinski definition) is 7. The third-order valence-corrected chi connectivity index (χ3v) is 9.07. The summed E-state index contributed by atoms with van der Waals surface area (Å²) < 4.78 is 19.1. The van der Waals surface area contributed by atoms with Gasteiger partial charge in [0, 0.05) is 28.9 Å². The fraction of sp³-hybridized carbons (Fsp3) is 0.139. The molecule has 0 saturated carbocycles. The van der Waals surface area contributed by atoms with Crippen molar-refractivity contribution in [3.05, 3.63) is 130 Å². The van der Waals surface area contributed by atoms with Gasteiger partial charge in [-0.25, -0.2) is 4.68 Å². The van der Waals surface area contributed by atoms with Crippen molar-refractivity contribution in [2.75, 3.05) is 20.8 Å². The summed E-state index contributed by atoms with van der Waals surface area (Å²) in [5.41, 5.74) is 5.39. The van der Waals surface area contributed by atoms with E-state index >= 15 is 0 Å². The monoisotopic (exact) mass is 667 g/mol. The van der Waals surface area contributed by atoms with E-state index < -0.39 is 0 Å². The number of thiocarbonyl (C=S) groups is 1. The first-order valence-electron chi connectivity index (χ1n) is 14.5. The summed E-state index contributed by atoms with van der Waals surface area (Å²) in [7, 11) is 3.21. The second-order valence-corrected chi connectivity index (χ2v) is 12.5. The van der Waals surface area contributed by atoms with Crippen LogP contribution in [0.15, 0.2) is 108 Å². The molecule has 0 aliphatic carbocycles. The van der Waals surface area contributed by atoms with Gasteiger partial charge >= 0.3 is 0 Å². The molecule has 232 valence electrons. The van der Waals surface area contributed by atoms with Crippen molar-refractivity contribution in [3.63, 3.8) is 0 Å². The number of benzene rings is 4. The van der Waals surface area contributed by atoms with Crippen molar-refractivity contribution in [3.8, 4) is 34.2 Å². The van der Waals surface area contributed by atoms with Crippen LogP contribution in [0.1, 0.15) is 16.7 Å². The lowest BCUT2D eigenvalue weighted by Gasteiger charge is -2.15. The molecule has 1 fully saturated rings. The molecule has 1 saturated heterocycles. The van der Waals surface area contributed by atoms with Gasteiger partial charge in [-0.2, -0.15) is 5.10 Å². The Bertz CT molecular complexity index is 1890. The summed E-state index contributed by atoms with van der Waals surface area (Å²) in [6, 6.07) is 31.0. The Hall–Kier alpha value is -4.57. The minimum absolute atomic E-state index is 0.125. The molecule has 0 radical (unpaired) electrons. The summed E-state index contributed by atoms with van der Waals surface area (Å²) in [6.07, 6.45) is 4.43. The van der Waals surface area contributed by atoms with Gasteiger partial charge in [-0.1, -0.05) is 72.0 Å². The Morgan fingerprint density at radius 1 is 0.891 bits per heavy atom. The van der Waals surface area contributed by atoms with E-state index in [0.29, 0.717) is 45.3 Å². The van der Waals surface area contributed by atoms with Gasteiger partial charge < -0.3 is 14.2 Å². The van der Waals surface area contributed by atoms with Crippen LogP contribution in [0.4, 0.5) is 0 Å². The number of nitrogens with zero attached hydrogens (tertiary/aromatic N) is 3. The van der Waals surface area contributed by atoms with Gasteiger partial charge in [0.15, 0.2) is 11.5 Å². The normalized spacial score (nSPS) is 13.8. The van der Waals surface area contributed by atoms with Crippen molar-refractivity contribution in [2.45, 2.75) is 13.0 Å². The molecule has 0 N–H and O–H groups in total. The maximum absolute atomic E-state index is 13.6. The van der Waals surface area contributed by atoms with Gasteiger partial charge in [0.1, 0.15) is 16.7 Å². The van der Waals surface area contributed by atoms with E-state index in [1.807, 2.05) is 114 Å². The van der Waals surface area contributed by atoms with Gasteiger partial charge in [-0.3, -0.25) is 9.69 Å². The quantitative estimate of drug-likeness (QED) is 0.104. The molecule has 1 aliphatic rings. The largest absolute Gasteiger partial charge is 0.493 e. The molecule has 2 heterocycles. The second-order valence-electron chi connectivity index (χ2n) is 10.4. The minimum atomic E-state index is -0.125. The molecule has 46 heavy (non-hydrogen) atoms. The molecule has 1 amide bonds. The van der Waals surface area contributed by atoms with Crippen LogP contribution >= 0.6 is 35.6 Å². The van der Waals surface area contributed by atoms with Crippen LogP contribution in [0.5, 0.6) is 17.2 Å². The van der Waals surface area contributed by atoms with E-state index in [0.717, 1.165) is 39.4 Å². The molecule has 0 spiro atoms. The average molecular weight is 668 g/mol. The fourth-order valence-corrected chi connectivity index (χ4v) is 6.42. The van der Waals surface area contributed by atoms with E-state index in [9.17, 15) is 4.79 Å². The Kier molecular flexibility index (Phi) is 9.73. The number of hydrogen-bond donors (Lipinski definition) is 0. The number of para-hydroxylation sites is 1. The van der Waals surface area contributed by atoms with Crippen LogP contribution in [-0.4, -0.2) is 45.7 Å². The second kappa shape index (κ2) is 14.2. The molecular weight excluding hydrogens is 638 g/mol. The molecule has 10 heteroatoms. The first-order chi connectivity index (χ1) is 22.4. The number of methoxy groups -OCH3 is 2. The standard InChI is InChI=1S/C36H30ClN3O4S2/c1-42-31-17-10-24(20-32(31)43-2)18-19-39-35(41)33(46-36(39)45)21-27-22-40(29-6-4-3-5-7-29)38-34(27)26-11-15-30(16-12-26)44-23-25-8-13-28(37)14-9-25/h3-17,20-22H,18-19,23H2,1-2H3. The SMILES string of the molecule is COc1ccc(CCN2C(=O)C(=Cc3cn(-c4ccccc4)nc3-c3ccc(OCc4ccc(Cl)cc4)cc3)SC2=S)cc1OC. The summed E-state index contributed by atoms with van der Waals surface area (Å²) in [5.74, 6) is 1.92. The third-order valence-electron chi connectivity index (χ3n) is 7.44. The molecule has 4 aromatic carbocycles. The zero-order valence-electron chi connectivity index (χ0n) is 25.2. The van der Waals surface area contributed by atoms with Crippen molar-refractivity contribution in [1.82, 2.24) is 14.7 Å². The van der Waals surface area contributed by atoms with Gasteiger partial charge in [-0.05, 0) is 84.3 Å². The van der Waals surface area contributed by atoms with Crippen molar-refractivity contribution >= 4 is 51.9 Å². The number of aromatic nitrogens is 2. The number of carbonyl (C=O) groups excluding carboxylic acids is 1. The maximum atomic E-state index is 13.6. The van der Waals surface area contributed by atoms with E-state index in [2.05, 4.69) is 0 Å². The highest BCUT2D eigenvalue weighted by Gasteiger charge is 2.32. The predicted octanol–water partition coefficient (Wildman–Crippen LogP) is 8.23. The molecule has 1 aliphatic heterocycles. The first-order valence-corrected chi connectivity index (χ1v) is 16.1. The molecule has 7 nitrogen and oxygen atoms in total. The Labute approximate surface area is 282 Å². The van der Waals surface area contributed by atoms with Crippen LogP contribution in [0.2, 0.25) is 5.02 Å². The fourth-order valence-electron chi connectivity index (χ4n) is 5.00. The summed E-state index contributed by atoms with van der Waals surface area (Å²) in [4.78, 5) is 15.8. The number of carbonyl (C=O) groups is 1. The van der Waals surface area contributed by atoms with E-state index in [1.165, 1.54) is 11.8 Å². The highest BCUT2D eigenvalue weighted by molar-refractivity contribution is 8.26. The molecule has 5 aromatic rings. The molecule has 6 rings (SSSR count). The smallest absolute Gasteiger partial charge is 0.266 e. The molecule has 0 bridgehead atoms. The van der Waals surface area contributed by atoms with E-state index in [1.54, 1.807) is 19.1 Å². The lowest BCUT2D eigenvalue weighted by molar-refractivity contribution is -0.122. The van der Waals surface area contributed by atoms with Crippen LogP contribution in [0.25, 0.3) is 23.0 Å². The highest BCUT2D eigenvalue weighted by atomic mass is 35.5. The Balaban J connectivity index is 1.23. The lowest BCUT2D eigenvalue weighted by Crippen LogP contribution is -2.30. The minimum Gasteiger partial charge on any atom is -0.493 e. The molecule has 1 aromatic heterocycles. The average Bonchev–Trinajstić information content (AvgIpc) is 3.63. The third kappa shape index (κ3) is 7.12. The Morgan fingerprint density at radius 2 is 1.61 bits per heavy atom. The Morgan fingerprint density at radius 3 is 2.33 bits per heavy atom. The van der Waals surface area contributed by atoms with Crippen molar-refractivity contribution in [1.29, 1.82) is 0 Å². The van der Waals surface area contributed by atoms with E-state index in [-0.39, 0.29) is 5.91 Å². The van der Waals surface area contributed by atoms with Gasteiger partial charge in [-0.15, -0.1) is 0 Å². The first kappa shape index (κ1) is 31.4. The number of ether oxygens (including phenoxy) is 3. The van der Waals surface area contributed by atoms with Crippen LogP contribution < -0.4 is 14.2 Å². The zero-order valence-corrected chi connectivity index (χ0v) is 27.6. The maximum Gasteiger partial charge on any atom is 0.266 e. The predicted molar refractivity (Wildman–Crippen MR) is 188 cm³/mol. The number of amides is 1. The summed E-state index contributed by atoms with van der Waals surface area (Å²) in [5, 5.41) is 5.61. The summed E-state index contributed by atoms with van der Waals surface area (Å²) >= 11 is 12.9. The van der Waals surface area contributed by atoms with E-state index in [4.69, 9.17) is 43.1 Å². The number of rotatable bonds is 11. The van der Waals surface area contributed by atoms with Crippen molar-refractivity contribution in [2.24, 2.45) is 0 Å². The topological polar surface area (TPSA) is 65.8 Å². The van der Waals surface area contributed by atoms with Gasteiger partial charge in [0.25, 0.3) is 5.91 Å². The molecule has 0 atom stereocenters. The number of halogens is 1. The summed E-state index contributed by atoms with van der Waals surface area (Å²) in [6.45, 7) is 0.878. The number of thioether (sulfide) groups is 1. The van der Waals surface area contributed by atoms with Gasteiger partial charge in [0.2, 0.25) is 0 Å². The van der Waals surface area contributed by atoms with Gasteiger partial charge in [0.05, 0.1) is 30.5 Å². The van der Waals surface area contributed by atoms with Crippen LogP contribution in [0.3, 0.4) is 0 Å². The van der Waals surface area contributed by atoms with Crippen LogP contribution in [-0.2, 0) is 17.8 Å².